The summed E-state index contributed by atoms with van der Waals surface area (Å²) >= 11 is 1.76. The van der Waals surface area contributed by atoms with Crippen LogP contribution < -0.4 is 10.9 Å². The van der Waals surface area contributed by atoms with Crippen LogP contribution in [-0.4, -0.2) is 42.0 Å². The molecule has 29 heavy (non-hydrogen) atoms. The monoisotopic (exact) mass is 435 g/mol. The van der Waals surface area contributed by atoms with Gasteiger partial charge in [0, 0.05) is 36.0 Å². The van der Waals surface area contributed by atoms with Crippen LogP contribution in [0.2, 0.25) is 0 Å². The maximum Gasteiger partial charge on any atom is 0.251 e. The third kappa shape index (κ3) is 4.73. The molecule has 0 aliphatic carbocycles. The lowest BCUT2D eigenvalue weighted by Crippen LogP contribution is -2.36. The van der Waals surface area contributed by atoms with Gasteiger partial charge in [0.1, 0.15) is 6.54 Å². The summed E-state index contributed by atoms with van der Waals surface area (Å²) in [5.74, 6) is 0.579. The number of amides is 1. The highest BCUT2D eigenvalue weighted by molar-refractivity contribution is 7.99. The van der Waals surface area contributed by atoms with Crippen molar-refractivity contribution in [2.45, 2.75) is 42.6 Å². The van der Waals surface area contributed by atoms with Gasteiger partial charge in [-0.25, -0.2) is 8.42 Å². The lowest BCUT2D eigenvalue weighted by molar-refractivity contribution is -0.122. The number of hydrogen-bond acceptors (Lipinski definition) is 5. The molecule has 1 aromatic carbocycles. The zero-order valence-electron chi connectivity index (χ0n) is 16.5. The second kappa shape index (κ2) is 9.15. The summed E-state index contributed by atoms with van der Waals surface area (Å²) in [7, 11) is -3.70. The highest BCUT2D eigenvalue weighted by Crippen LogP contribution is 2.35. The first-order chi connectivity index (χ1) is 13.9. The number of aromatic nitrogens is 1. The summed E-state index contributed by atoms with van der Waals surface area (Å²) in [6, 6.07) is 10.3. The number of carbonyl (C=O) groups excluding carboxylic acids is 1. The van der Waals surface area contributed by atoms with Crippen LogP contribution in [0.1, 0.15) is 31.9 Å². The van der Waals surface area contributed by atoms with E-state index in [0.717, 1.165) is 27.2 Å². The molecule has 0 spiro atoms. The Morgan fingerprint density at radius 1 is 1.21 bits per heavy atom. The van der Waals surface area contributed by atoms with E-state index in [1.807, 2.05) is 24.3 Å². The van der Waals surface area contributed by atoms with Gasteiger partial charge in [-0.15, -0.1) is 11.8 Å². The van der Waals surface area contributed by atoms with Gasteiger partial charge in [-0.05, 0) is 24.1 Å². The van der Waals surface area contributed by atoms with E-state index in [1.165, 1.54) is 22.6 Å². The maximum absolute atomic E-state index is 12.7. The van der Waals surface area contributed by atoms with Crippen LogP contribution in [0.15, 0.2) is 57.2 Å². The predicted octanol–water partition coefficient (Wildman–Crippen LogP) is 2.23. The van der Waals surface area contributed by atoms with Crippen LogP contribution in [0.3, 0.4) is 0 Å². The second-order valence-electron chi connectivity index (χ2n) is 6.72. The van der Waals surface area contributed by atoms with Crippen molar-refractivity contribution in [2.75, 3.05) is 18.8 Å². The predicted molar refractivity (Wildman–Crippen MR) is 113 cm³/mol. The minimum Gasteiger partial charge on any atom is -0.348 e. The third-order valence-electron chi connectivity index (χ3n) is 4.91. The molecule has 0 fully saturated rings. The number of nitrogens with one attached hydrogen (secondary N) is 1. The van der Waals surface area contributed by atoms with Crippen LogP contribution >= 0.6 is 11.8 Å². The molecule has 1 amide bonds. The standard InChI is InChI=1S/C20H25N3O4S2/c1-3-23(4-2)29(26,27)15-9-10-20(25)22(13-15)14-19(24)21-17-11-12-28-18-8-6-5-7-16(17)18/h5-10,13,17H,3-4,11-12,14H2,1-2H3,(H,21,24)/t17-/m1/s1. The van der Waals surface area contributed by atoms with Crippen LogP contribution in [0.4, 0.5) is 0 Å². The van der Waals surface area contributed by atoms with Crippen LogP contribution in [0.25, 0.3) is 0 Å². The van der Waals surface area contributed by atoms with Gasteiger partial charge in [0.2, 0.25) is 15.9 Å². The first kappa shape index (κ1) is 21.6. The molecule has 2 aromatic rings. The minimum atomic E-state index is -3.70. The lowest BCUT2D eigenvalue weighted by atomic mass is 10.0. The quantitative estimate of drug-likeness (QED) is 0.721. The number of nitrogens with zero attached hydrogens (tertiary/aromatic N) is 2. The summed E-state index contributed by atoms with van der Waals surface area (Å²) in [4.78, 5) is 26.0. The fourth-order valence-corrected chi connectivity index (χ4v) is 5.99. The summed E-state index contributed by atoms with van der Waals surface area (Å²) < 4.78 is 27.9. The zero-order chi connectivity index (χ0) is 21.0. The fraction of sp³-hybridized carbons (Fsp3) is 0.400. The third-order valence-corrected chi connectivity index (χ3v) is 8.06. The number of rotatable bonds is 7. The molecule has 0 unspecified atom stereocenters. The van der Waals surface area contributed by atoms with E-state index in [9.17, 15) is 18.0 Å². The van der Waals surface area contributed by atoms with E-state index in [0.29, 0.717) is 13.1 Å². The summed E-state index contributed by atoms with van der Waals surface area (Å²) in [5, 5.41) is 2.98. The summed E-state index contributed by atoms with van der Waals surface area (Å²) in [6.07, 6.45) is 2.05. The largest absolute Gasteiger partial charge is 0.348 e. The molecule has 1 N–H and O–H groups in total. The number of thioether (sulfide) groups is 1. The molecule has 1 aromatic heterocycles. The van der Waals surface area contributed by atoms with Gasteiger partial charge < -0.3 is 9.88 Å². The van der Waals surface area contributed by atoms with Gasteiger partial charge in [-0.2, -0.15) is 4.31 Å². The van der Waals surface area contributed by atoms with E-state index in [1.54, 1.807) is 25.6 Å². The average molecular weight is 436 g/mol. The highest BCUT2D eigenvalue weighted by atomic mass is 32.2. The first-order valence-electron chi connectivity index (χ1n) is 9.58. The average Bonchev–Trinajstić information content (AvgIpc) is 2.70. The molecule has 1 aliphatic heterocycles. The first-order valence-corrected chi connectivity index (χ1v) is 12.0. The second-order valence-corrected chi connectivity index (χ2v) is 9.79. The molecule has 2 heterocycles. The number of sulfonamides is 1. The van der Waals surface area contributed by atoms with Gasteiger partial charge in [0.25, 0.3) is 5.56 Å². The molecular formula is C20H25N3O4S2. The van der Waals surface area contributed by atoms with Crippen molar-refractivity contribution in [1.82, 2.24) is 14.2 Å². The molecule has 3 rings (SSSR count). The SMILES string of the molecule is CCN(CC)S(=O)(=O)c1ccc(=O)n(CC(=O)N[C@@H]2CCSc3ccccc32)c1. The number of pyridine rings is 1. The fourth-order valence-electron chi connectivity index (χ4n) is 3.38. The van der Waals surface area contributed by atoms with E-state index in [4.69, 9.17) is 0 Å². The van der Waals surface area contributed by atoms with Gasteiger partial charge in [0.15, 0.2) is 0 Å². The Hall–Kier alpha value is -2.10. The van der Waals surface area contributed by atoms with Gasteiger partial charge in [-0.1, -0.05) is 32.0 Å². The smallest absolute Gasteiger partial charge is 0.251 e. The Balaban J connectivity index is 1.79. The Morgan fingerprint density at radius 2 is 1.93 bits per heavy atom. The number of hydrogen-bond donors (Lipinski definition) is 1. The molecule has 1 aliphatic rings. The molecule has 1 atom stereocenters. The molecule has 0 radical (unpaired) electrons. The van der Waals surface area contributed by atoms with Gasteiger partial charge in [-0.3, -0.25) is 9.59 Å². The van der Waals surface area contributed by atoms with Gasteiger partial charge in [0.05, 0.1) is 10.9 Å². The Labute approximate surface area is 175 Å². The number of benzene rings is 1. The van der Waals surface area contributed by atoms with Crippen molar-refractivity contribution < 1.29 is 13.2 Å². The van der Waals surface area contributed by atoms with Crippen LogP contribution in [0, 0.1) is 0 Å². The van der Waals surface area contributed by atoms with Crippen molar-refractivity contribution in [3.8, 4) is 0 Å². The zero-order valence-corrected chi connectivity index (χ0v) is 18.1. The maximum atomic E-state index is 12.7. The molecule has 0 saturated heterocycles. The Morgan fingerprint density at radius 3 is 2.66 bits per heavy atom. The molecule has 156 valence electrons. The van der Waals surface area contributed by atoms with Crippen LogP contribution in [-0.2, 0) is 21.4 Å². The Kier molecular flexibility index (Phi) is 6.81. The molecule has 9 heteroatoms. The lowest BCUT2D eigenvalue weighted by Gasteiger charge is -2.26. The van der Waals surface area contributed by atoms with Crippen molar-refractivity contribution in [2.24, 2.45) is 0 Å². The van der Waals surface area contributed by atoms with Crippen molar-refractivity contribution in [3.05, 3.63) is 58.5 Å². The molecule has 7 nitrogen and oxygen atoms in total. The normalized spacial score (nSPS) is 16.4. The highest BCUT2D eigenvalue weighted by Gasteiger charge is 2.24. The molecular weight excluding hydrogens is 410 g/mol. The summed E-state index contributed by atoms with van der Waals surface area (Å²) in [5.41, 5.74) is 0.653. The van der Waals surface area contributed by atoms with Crippen molar-refractivity contribution in [3.63, 3.8) is 0 Å². The Bertz CT molecular complexity index is 1050. The topological polar surface area (TPSA) is 88.5 Å². The van der Waals surface area contributed by atoms with E-state index in [-0.39, 0.29) is 23.4 Å². The van der Waals surface area contributed by atoms with E-state index in [2.05, 4.69) is 5.32 Å². The minimum absolute atomic E-state index is 0.00742. The van der Waals surface area contributed by atoms with E-state index < -0.39 is 15.6 Å². The van der Waals surface area contributed by atoms with Crippen molar-refractivity contribution in [1.29, 1.82) is 0 Å². The molecule has 0 bridgehead atoms. The number of fused-ring (bicyclic) bond motifs is 1. The van der Waals surface area contributed by atoms with Gasteiger partial charge >= 0.3 is 0 Å². The van der Waals surface area contributed by atoms with Crippen molar-refractivity contribution >= 4 is 27.7 Å². The summed E-state index contributed by atoms with van der Waals surface area (Å²) in [6.45, 7) is 3.94. The van der Waals surface area contributed by atoms with E-state index >= 15 is 0 Å². The van der Waals surface area contributed by atoms with Crippen LogP contribution in [0.5, 0.6) is 0 Å². The molecule has 0 saturated carbocycles. The number of carbonyl (C=O) groups is 1.